The van der Waals surface area contributed by atoms with Crippen LogP contribution < -0.4 is 5.32 Å². The molecule has 1 N–H and O–H groups in total. The Morgan fingerprint density at radius 1 is 1.56 bits per heavy atom. The normalized spacial score (nSPS) is 23.8. The van der Waals surface area contributed by atoms with Crippen LogP contribution in [0.3, 0.4) is 0 Å². The van der Waals surface area contributed by atoms with Gasteiger partial charge in [0.25, 0.3) is 0 Å². The van der Waals surface area contributed by atoms with Crippen LogP contribution >= 0.6 is 11.6 Å². The Labute approximate surface area is 114 Å². The van der Waals surface area contributed by atoms with Gasteiger partial charge in [0.15, 0.2) is 0 Å². The van der Waals surface area contributed by atoms with Crippen LogP contribution in [0, 0.1) is 12.8 Å². The number of aromatic nitrogens is 2. The van der Waals surface area contributed by atoms with Crippen LogP contribution in [0.25, 0.3) is 0 Å². The van der Waals surface area contributed by atoms with E-state index in [1.807, 2.05) is 14.0 Å². The lowest BCUT2D eigenvalue weighted by molar-refractivity contribution is 0.0872. The van der Waals surface area contributed by atoms with Crippen molar-refractivity contribution in [3.8, 4) is 0 Å². The summed E-state index contributed by atoms with van der Waals surface area (Å²) in [5, 5.41) is 8.53. The predicted octanol–water partition coefficient (Wildman–Crippen LogP) is 2.29. The lowest BCUT2D eigenvalue weighted by atomic mass is 9.99. The first-order valence-electron chi connectivity index (χ1n) is 6.63. The Hall–Kier alpha value is -0.580. The van der Waals surface area contributed by atoms with Crippen LogP contribution in [0.15, 0.2) is 0 Å². The average Bonchev–Trinajstić information content (AvgIpc) is 2.89. The zero-order valence-corrected chi connectivity index (χ0v) is 12.1. The molecule has 2 rings (SSSR count). The van der Waals surface area contributed by atoms with Crippen LogP contribution in [0.1, 0.15) is 31.0 Å². The lowest BCUT2D eigenvalue weighted by Crippen LogP contribution is -2.28. The van der Waals surface area contributed by atoms with E-state index in [-0.39, 0.29) is 0 Å². The molecule has 0 spiro atoms. The topological polar surface area (TPSA) is 39.1 Å². The van der Waals surface area contributed by atoms with E-state index >= 15 is 0 Å². The van der Waals surface area contributed by atoms with Gasteiger partial charge in [0, 0.05) is 32.3 Å². The molecule has 0 amide bonds. The second-order valence-electron chi connectivity index (χ2n) is 4.98. The zero-order valence-electron chi connectivity index (χ0n) is 11.4. The Morgan fingerprint density at radius 3 is 2.94 bits per heavy atom. The maximum Gasteiger partial charge on any atom is 0.131 e. The van der Waals surface area contributed by atoms with Gasteiger partial charge in [0.05, 0.1) is 11.8 Å². The van der Waals surface area contributed by atoms with Crippen LogP contribution in [-0.2, 0) is 18.3 Å². The van der Waals surface area contributed by atoms with E-state index in [1.165, 1.54) is 0 Å². The van der Waals surface area contributed by atoms with Crippen molar-refractivity contribution in [1.82, 2.24) is 15.1 Å². The molecule has 18 heavy (non-hydrogen) atoms. The molecule has 1 saturated heterocycles. The van der Waals surface area contributed by atoms with E-state index < -0.39 is 0 Å². The molecule has 2 unspecified atom stereocenters. The van der Waals surface area contributed by atoms with Crippen molar-refractivity contribution in [2.24, 2.45) is 13.0 Å². The number of nitrogens with zero attached hydrogens (tertiary/aromatic N) is 2. The summed E-state index contributed by atoms with van der Waals surface area (Å²) < 4.78 is 7.41. The first kappa shape index (κ1) is 13.8. The molecule has 0 radical (unpaired) electrons. The molecule has 0 aromatic carbocycles. The maximum absolute atomic E-state index is 6.20. The van der Waals surface area contributed by atoms with E-state index in [0.29, 0.717) is 12.0 Å². The molecule has 1 aromatic rings. The van der Waals surface area contributed by atoms with Crippen molar-refractivity contribution in [3.05, 3.63) is 16.4 Å². The van der Waals surface area contributed by atoms with Gasteiger partial charge in [0.2, 0.25) is 0 Å². The van der Waals surface area contributed by atoms with Gasteiger partial charge in [-0.15, -0.1) is 0 Å². The second kappa shape index (κ2) is 6.04. The third-order valence-corrected chi connectivity index (χ3v) is 4.20. The molecule has 1 fully saturated rings. The summed E-state index contributed by atoms with van der Waals surface area (Å²) in [6.07, 6.45) is 2.67. The first-order chi connectivity index (χ1) is 8.63. The van der Waals surface area contributed by atoms with Gasteiger partial charge >= 0.3 is 0 Å². The van der Waals surface area contributed by atoms with Gasteiger partial charge in [-0.25, -0.2) is 0 Å². The number of halogens is 1. The van der Waals surface area contributed by atoms with E-state index in [1.54, 1.807) is 4.68 Å². The Bertz CT molecular complexity index is 405. The molecule has 1 aliphatic rings. The Balaban J connectivity index is 1.85. The highest BCUT2D eigenvalue weighted by molar-refractivity contribution is 6.30. The van der Waals surface area contributed by atoms with Gasteiger partial charge in [-0.3, -0.25) is 4.68 Å². The summed E-state index contributed by atoms with van der Waals surface area (Å²) >= 11 is 6.20. The van der Waals surface area contributed by atoms with Crippen LogP contribution in [0.5, 0.6) is 0 Å². The fourth-order valence-corrected chi connectivity index (χ4v) is 2.88. The fourth-order valence-electron chi connectivity index (χ4n) is 2.63. The Morgan fingerprint density at radius 2 is 2.33 bits per heavy atom. The lowest BCUT2D eigenvalue weighted by Gasteiger charge is -2.17. The number of hydrogen-bond donors (Lipinski definition) is 1. The van der Waals surface area contributed by atoms with Gasteiger partial charge in [0.1, 0.15) is 5.15 Å². The molecular weight excluding hydrogens is 250 g/mol. The molecule has 0 bridgehead atoms. The van der Waals surface area contributed by atoms with Gasteiger partial charge < -0.3 is 10.1 Å². The highest BCUT2D eigenvalue weighted by atomic mass is 35.5. The minimum absolute atomic E-state index is 0.419. The summed E-state index contributed by atoms with van der Waals surface area (Å²) in [5.74, 6) is 0.630. The number of nitrogens with one attached hydrogen (secondary N) is 1. The number of aryl methyl sites for hydroxylation is 2. The first-order valence-corrected chi connectivity index (χ1v) is 7.01. The van der Waals surface area contributed by atoms with E-state index in [9.17, 15) is 0 Å². The SMILES string of the molecule is CCC1OCCC1CNCc1c(C)nn(C)c1Cl. The molecule has 1 aromatic heterocycles. The quantitative estimate of drug-likeness (QED) is 0.893. The third-order valence-electron chi connectivity index (χ3n) is 3.73. The zero-order chi connectivity index (χ0) is 13.1. The molecule has 0 saturated carbocycles. The standard InChI is InChI=1S/C13H22ClN3O/c1-4-12-10(5-6-18-12)7-15-8-11-9(2)16-17(3)13(11)14/h10,12,15H,4-8H2,1-3H3. The minimum Gasteiger partial charge on any atom is -0.378 e. The van der Waals surface area contributed by atoms with Crippen LogP contribution in [0.2, 0.25) is 5.15 Å². The molecule has 2 heterocycles. The van der Waals surface area contributed by atoms with Crippen molar-refractivity contribution in [2.75, 3.05) is 13.2 Å². The van der Waals surface area contributed by atoms with Gasteiger partial charge in [-0.2, -0.15) is 5.10 Å². The smallest absolute Gasteiger partial charge is 0.131 e. The van der Waals surface area contributed by atoms with Gasteiger partial charge in [-0.05, 0) is 25.7 Å². The highest BCUT2D eigenvalue weighted by Crippen LogP contribution is 2.23. The van der Waals surface area contributed by atoms with Crippen molar-refractivity contribution >= 4 is 11.6 Å². The predicted molar refractivity (Wildman–Crippen MR) is 72.8 cm³/mol. The third kappa shape index (κ3) is 2.87. The molecule has 2 atom stereocenters. The average molecular weight is 272 g/mol. The number of ether oxygens (including phenoxy) is 1. The molecule has 0 aliphatic carbocycles. The van der Waals surface area contributed by atoms with Crippen LogP contribution in [-0.4, -0.2) is 29.0 Å². The number of hydrogen-bond acceptors (Lipinski definition) is 3. The monoisotopic (exact) mass is 271 g/mol. The van der Waals surface area contributed by atoms with E-state index in [0.717, 1.165) is 48.9 Å². The molecular formula is C13H22ClN3O. The van der Waals surface area contributed by atoms with E-state index in [4.69, 9.17) is 16.3 Å². The second-order valence-corrected chi connectivity index (χ2v) is 5.33. The Kier molecular flexibility index (Phi) is 4.65. The highest BCUT2D eigenvalue weighted by Gasteiger charge is 2.26. The van der Waals surface area contributed by atoms with Crippen molar-refractivity contribution < 1.29 is 4.74 Å². The molecule has 1 aliphatic heterocycles. The summed E-state index contributed by atoms with van der Waals surface area (Å²) in [5.41, 5.74) is 2.11. The summed E-state index contributed by atoms with van der Waals surface area (Å²) in [4.78, 5) is 0. The summed E-state index contributed by atoms with van der Waals surface area (Å²) in [7, 11) is 1.87. The summed E-state index contributed by atoms with van der Waals surface area (Å²) in [6, 6.07) is 0. The maximum atomic E-state index is 6.20. The number of rotatable bonds is 5. The largest absolute Gasteiger partial charge is 0.378 e. The molecule has 4 nitrogen and oxygen atoms in total. The van der Waals surface area contributed by atoms with Crippen LogP contribution in [0.4, 0.5) is 0 Å². The van der Waals surface area contributed by atoms with E-state index in [2.05, 4.69) is 17.3 Å². The van der Waals surface area contributed by atoms with Gasteiger partial charge in [-0.1, -0.05) is 18.5 Å². The summed E-state index contributed by atoms with van der Waals surface area (Å²) in [6.45, 7) is 6.85. The fraction of sp³-hybridized carbons (Fsp3) is 0.769. The van der Waals surface area contributed by atoms with Crippen molar-refractivity contribution in [1.29, 1.82) is 0 Å². The molecule has 5 heteroatoms. The molecule has 102 valence electrons. The van der Waals surface area contributed by atoms with Crippen molar-refractivity contribution in [3.63, 3.8) is 0 Å². The minimum atomic E-state index is 0.419. The van der Waals surface area contributed by atoms with Crippen molar-refractivity contribution in [2.45, 2.75) is 39.3 Å².